The van der Waals surface area contributed by atoms with E-state index in [-0.39, 0.29) is 5.91 Å². The topological polar surface area (TPSA) is 36.4 Å². The Morgan fingerprint density at radius 1 is 0.852 bits per heavy atom. The van der Waals surface area contributed by atoms with Gasteiger partial charge in [-0.15, -0.1) is 0 Å². The summed E-state index contributed by atoms with van der Waals surface area (Å²) in [5.74, 6) is 0.934. The summed E-state index contributed by atoms with van der Waals surface area (Å²) in [5, 5.41) is 0. The van der Waals surface area contributed by atoms with E-state index in [4.69, 9.17) is 0 Å². The molecule has 1 aromatic heterocycles. The molecular formula is C23H21N3O. The van der Waals surface area contributed by atoms with Crippen molar-refractivity contribution in [3.63, 3.8) is 0 Å². The lowest BCUT2D eigenvalue weighted by atomic mass is 10.00. The van der Waals surface area contributed by atoms with Crippen LogP contribution in [0.3, 0.4) is 0 Å². The molecule has 0 bridgehead atoms. The molecule has 0 atom stereocenters. The van der Waals surface area contributed by atoms with E-state index < -0.39 is 0 Å². The van der Waals surface area contributed by atoms with Crippen LogP contribution in [-0.4, -0.2) is 24.0 Å². The third-order valence-corrected chi connectivity index (χ3v) is 5.58. The minimum atomic E-state index is 0.0565. The number of para-hydroxylation sites is 1. The third kappa shape index (κ3) is 2.87. The molecule has 0 spiro atoms. The molecule has 2 aromatic carbocycles. The summed E-state index contributed by atoms with van der Waals surface area (Å²) < 4.78 is 0. The number of anilines is 2. The zero-order chi connectivity index (χ0) is 18.2. The highest BCUT2D eigenvalue weighted by Crippen LogP contribution is 2.30. The van der Waals surface area contributed by atoms with E-state index in [1.54, 1.807) is 6.20 Å². The van der Waals surface area contributed by atoms with Crippen molar-refractivity contribution in [3.8, 4) is 0 Å². The van der Waals surface area contributed by atoms with Gasteiger partial charge < -0.3 is 9.80 Å². The smallest absolute Gasteiger partial charge is 0.258 e. The highest BCUT2D eigenvalue weighted by atomic mass is 16.2. The van der Waals surface area contributed by atoms with Crippen molar-refractivity contribution in [3.05, 3.63) is 89.1 Å². The highest BCUT2D eigenvalue weighted by molar-refractivity contribution is 6.07. The highest BCUT2D eigenvalue weighted by Gasteiger charge is 2.26. The third-order valence-electron chi connectivity index (χ3n) is 5.58. The lowest BCUT2D eigenvalue weighted by Gasteiger charge is -2.30. The Morgan fingerprint density at radius 3 is 2.48 bits per heavy atom. The molecule has 0 radical (unpaired) electrons. The minimum absolute atomic E-state index is 0.0565. The first-order valence-electron chi connectivity index (χ1n) is 9.47. The van der Waals surface area contributed by atoms with Gasteiger partial charge in [0.25, 0.3) is 5.91 Å². The first-order valence-corrected chi connectivity index (χ1v) is 9.47. The molecule has 0 aliphatic carbocycles. The van der Waals surface area contributed by atoms with Crippen molar-refractivity contribution in [2.45, 2.75) is 19.4 Å². The van der Waals surface area contributed by atoms with Gasteiger partial charge in [0, 0.05) is 37.1 Å². The zero-order valence-corrected chi connectivity index (χ0v) is 15.1. The van der Waals surface area contributed by atoms with E-state index >= 15 is 0 Å². The number of carbonyl (C=O) groups excluding carboxylic acids is 1. The number of nitrogens with zero attached hydrogens (tertiary/aromatic N) is 3. The van der Waals surface area contributed by atoms with E-state index in [2.05, 4.69) is 40.2 Å². The van der Waals surface area contributed by atoms with Crippen LogP contribution in [0.15, 0.2) is 66.9 Å². The van der Waals surface area contributed by atoms with Crippen molar-refractivity contribution >= 4 is 17.4 Å². The van der Waals surface area contributed by atoms with Gasteiger partial charge in [0.1, 0.15) is 5.82 Å². The van der Waals surface area contributed by atoms with Crippen LogP contribution in [0.4, 0.5) is 11.5 Å². The van der Waals surface area contributed by atoms with Crippen molar-refractivity contribution < 1.29 is 4.79 Å². The zero-order valence-electron chi connectivity index (χ0n) is 15.1. The van der Waals surface area contributed by atoms with E-state index in [1.807, 2.05) is 35.2 Å². The number of benzene rings is 2. The van der Waals surface area contributed by atoms with Crippen LogP contribution in [0.5, 0.6) is 0 Å². The van der Waals surface area contributed by atoms with Crippen molar-refractivity contribution in [2.24, 2.45) is 0 Å². The number of rotatable bonds is 2. The molecule has 2 aliphatic heterocycles. The van der Waals surface area contributed by atoms with Gasteiger partial charge in [-0.25, -0.2) is 4.98 Å². The number of fused-ring (bicyclic) bond motifs is 2. The van der Waals surface area contributed by atoms with E-state index in [0.29, 0.717) is 5.56 Å². The summed E-state index contributed by atoms with van der Waals surface area (Å²) in [5.41, 5.74) is 5.74. The molecule has 4 heteroatoms. The molecule has 4 nitrogen and oxygen atoms in total. The second-order valence-electron chi connectivity index (χ2n) is 7.18. The van der Waals surface area contributed by atoms with Gasteiger partial charge in [0.15, 0.2) is 0 Å². The average molecular weight is 355 g/mol. The minimum Gasteiger partial charge on any atom is -0.352 e. The number of carbonyl (C=O) groups is 1. The van der Waals surface area contributed by atoms with Gasteiger partial charge in [-0.1, -0.05) is 42.5 Å². The van der Waals surface area contributed by atoms with Crippen LogP contribution in [0, 0.1) is 0 Å². The summed E-state index contributed by atoms with van der Waals surface area (Å²) >= 11 is 0. The molecule has 2 aliphatic rings. The van der Waals surface area contributed by atoms with Crippen LogP contribution >= 0.6 is 0 Å². The standard InChI is InChI=1S/C23H21N3O/c27-23(26-14-11-18-6-3-4-8-21(18)26)19-9-12-24-22(15-19)25-13-10-17-5-1-2-7-20(17)16-25/h1-9,12,15H,10-11,13-14,16H2. The van der Waals surface area contributed by atoms with Gasteiger partial charge in [0.05, 0.1) is 0 Å². The average Bonchev–Trinajstić information content (AvgIpc) is 3.17. The fourth-order valence-corrected chi connectivity index (χ4v) is 4.12. The Labute approximate surface area is 159 Å². The predicted molar refractivity (Wildman–Crippen MR) is 107 cm³/mol. The predicted octanol–water partition coefficient (Wildman–Crippen LogP) is 3.85. The lowest BCUT2D eigenvalue weighted by Crippen LogP contribution is -2.32. The number of aromatic nitrogens is 1. The van der Waals surface area contributed by atoms with Crippen LogP contribution in [0.2, 0.25) is 0 Å². The Balaban J connectivity index is 1.41. The summed E-state index contributed by atoms with van der Waals surface area (Å²) in [6.45, 7) is 2.51. The first kappa shape index (κ1) is 16.1. The second kappa shape index (κ2) is 6.54. The maximum Gasteiger partial charge on any atom is 0.258 e. The van der Waals surface area contributed by atoms with Gasteiger partial charge >= 0.3 is 0 Å². The molecular weight excluding hydrogens is 334 g/mol. The van der Waals surface area contributed by atoms with Crippen molar-refractivity contribution in [1.29, 1.82) is 0 Å². The van der Waals surface area contributed by atoms with Gasteiger partial charge in [-0.3, -0.25) is 4.79 Å². The van der Waals surface area contributed by atoms with Crippen LogP contribution < -0.4 is 9.80 Å². The molecule has 1 amide bonds. The molecule has 0 unspecified atom stereocenters. The van der Waals surface area contributed by atoms with E-state index in [9.17, 15) is 4.79 Å². The summed E-state index contributed by atoms with van der Waals surface area (Å²) in [6.07, 6.45) is 3.68. The Kier molecular flexibility index (Phi) is 3.89. The van der Waals surface area contributed by atoms with Crippen LogP contribution in [0.1, 0.15) is 27.0 Å². The molecule has 0 N–H and O–H groups in total. The number of hydrogen-bond acceptors (Lipinski definition) is 3. The van der Waals surface area contributed by atoms with Crippen LogP contribution in [-0.2, 0) is 19.4 Å². The van der Waals surface area contributed by atoms with E-state index in [1.165, 1.54) is 16.7 Å². The maximum atomic E-state index is 13.1. The number of amides is 1. The molecule has 134 valence electrons. The Morgan fingerprint density at radius 2 is 1.59 bits per heavy atom. The summed E-state index contributed by atoms with van der Waals surface area (Å²) in [4.78, 5) is 21.8. The fourth-order valence-electron chi connectivity index (χ4n) is 4.12. The van der Waals surface area contributed by atoms with Crippen molar-refractivity contribution in [1.82, 2.24) is 4.98 Å². The maximum absolute atomic E-state index is 13.1. The normalized spacial score (nSPS) is 15.4. The summed E-state index contributed by atoms with van der Waals surface area (Å²) in [7, 11) is 0. The lowest BCUT2D eigenvalue weighted by molar-refractivity contribution is 0.0989. The SMILES string of the molecule is O=C(c1ccnc(N2CCc3ccccc3C2)c1)N1CCc2ccccc21. The molecule has 3 heterocycles. The monoisotopic (exact) mass is 355 g/mol. The molecule has 0 saturated heterocycles. The van der Waals surface area contributed by atoms with Gasteiger partial charge in [-0.05, 0) is 47.7 Å². The molecule has 0 saturated carbocycles. The first-order chi connectivity index (χ1) is 13.3. The molecule has 27 heavy (non-hydrogen) atoms. The largest absolute Gasteiger partial charge is 0.352 e. The Bertz CT molecular complexity index is 1010. The van der Waals surface area contributed by atoms with Gasteiger partial charge in [-0.2, -0.15) is 0 Å². The quantitative estimate of drug-likeness (QED) is 0.701. The molecule has 3 aromatic rings. The number of pyridine rings is 1. The fraction of sp³-hybridized carbons (Fsp3) is 0.217. The summed E-state index contributed by atoms with van der Waals surface area (Å²) in [6, 6.07) is 20.5. The molecule has 0 fully saturated rings. The van der Waals surface area contributed by atoms with E-state index in [0.717, 1.165) is 44.0 Å². The second-order valence-corrected chi connectivity index (χ2v) is 7.18. The van der Waals surface area contributed by atoms with Crippen molar-refractivity contribution in [2.75, 3.05) is 22.9 Å². The Hall–Kier alpha value is -3.14. The van der Waals surface area contributed by atoms with Gasteiger partial charge in [0.2, 0.25) is 0 Å². The van der Waals surface area contributed by atoms with Crippen LogP contribution in [0.25, 0.3) is 0 Å². The number of hydrogen-bond donors (Lipinski definition) is 0. The molecule has 5 rings (SSSR count).